The predicted octanol–water partition coefficient (Wildman–Crippen LogP) is 1.82. The first-order valence-electron chi connectivity index (χ1n) is 8.19. The molecule has 0 saturated carbocycles. The quantitative estimate of drug-likeness (QED) is 0.790. The van der Waals surface area contributed by atoms with Gasteiger partial charge in [-0.25, -0.2) is 9.97 Å². The van der Waals surface area contributed by atoms with E-state index in [1.54, 1.807) is 13.1 Å². The summed E-state index contributed by atoms with van der Waals surface area (Å²) in [6.45, 7) is 4.60. The van der Waals surface area contributed by atoms with Crippen LogP contribution in [0.4, 0.5) is 5.82 Å². The van der Waals surface area contributed by atoms with Crippen LogP contribution in [0.1, 0.15) is 18.2 Å². The molecule has 4 heterocycles. The van der Waals surface area contributed by atoms with Crippen molar-refractivity contribution in [3.8, 4) is 11.5 Å². The van der Waals surface area contributed by atoms with Crippen molar-refractivity contribution in [2.24, 2.45) is 0 Å². The summed E-state index contributed by atoms with van der Waals surface area (Å²) in [6.07, 6.45) is 6.85. The number of fused-ring (bicyclic) bond motifs is 1. The summed E-state index contributed by atoms with van der Waals surface area (Å²) < 4.78 is 0. The summed E-state index contributed by atoms with van der Waals surface area (Å²) in [5.41, 5.74) is 2.86. The van der Waals surface area contributed by atoms with Crippen LogP contribution in [-0.4, -0.2) is 45.4 Å². The number of nitrogens with zero attached hydrogens (tertiary/aromatic N) is 5. The zero-order valence-corrected chi connectivity index (χ0v) is 13.6. The number of rotatable bonds is 2. The van der Waals surface area contributed by atoms with Gasteiger partial charge < -0.3 is 9.80 Å². The lowest BCUT2D eigenvalue weighted by Crippen LogP contribution is -2.36. The van der Waals surface area contributed by atoms with Crippen molar-refractivity contribution < 1.29 is 4.79 Å². The van der Waals surface area contributed by atoms with Crippen molar-refractivity contribution in [3.05, 3.63) is 47.8 Å². The minimum atomic E-state index is 0.0861. The van der Waals surface area contributed by atoms with E-state index in [-0.39, 0.29) is 5.91 Å². The number of aromatic nitrogens is 3. The summed E-state index contributed by atoms with van der Waals surface area (Å²) in [7, 11) is 0. The lowest BCUT2D eigenvalue weighted by molar-refractivity contribution is -0.129. The Bertz CT molecular complexity index is 795. The SMILES string of the molecule is CC(=O)N1CCc2c(nc(-c3ccccn3)nc2N2CC=CC2)C1. The second kappa shape index (κ2) is 6.03. The highest BCUT2D eigenvalue weighted by Crippen LogP contribution is 2.29. The summed E-state index contributed by atoms with van der Waals surface area (Å²) >= 11 is 0. The highest BCUT2D eigenvalue weighted by atomic mass is 16.2. The molecular weight excluding hydrogens is 302 g/mol. The number of carbonyl (C=O) groups is 1. The normalized spacial score (nSPS) is 16.4. The minimum Gasteiger partial charge on any atom is -0.349 e. The summed E-state index contributed by atoms with van der Waals surface area (Å²) in [5.74, 6) is 1.69. The molecule has 0 spiro atoms. The Morgan fingerprint density at radius 1 is 1.17 bits per heavy atom. The molecule has 2 aromatic heterocycles. The van der Waals surface area contributed by atoms with Crippen molar-refractivity contribution in [2.45, 2.75) is 19.9 Å². The molecule has 6 heteroatoms. The second-order valence-electron chi connectivity index (χ2n) is 6.08. The molecule has 0 bridgehead atoms. The first-order chi connectivity index (χ1) is 11.7. The van der Waals surface area contributed by atoms with Gasteiger partial charge in [-0.15, -0.1) is 0 Å². The molecule has 2 aromatic rings. The average Bonchev–Trinajstić information content (AvgIpc) is 3.15. The molecule has 24 heavy (non-hydrogen) atoms. The maximum absolute atomic E-state index is 11.8. The van der Waals surface area contributed by atoms with E-state index in [1.807, 2.05) is 23.1 Å². The molecule has 0 aliphatic carbocycles. The van der Waals surface area contributed by atoms with Crippen LogP contribution in [0.15, 0.2) is 36.5 Å². The van der Waals surface area contributed by atoms with E-state index in [1.165, 1.54) is 0 Å². The third kappa shape index (κ3) is 2.64. The van der Waals surface area contributed by atoms with Gasteiger partial charge in [-0.2, -0.15) is 0 Å². The van der Waals surface area contributed by atoms with Crippen LogP contribution in [0.3, 0.4) is 0 Å². The van der Waals surface area contributed by atoms with Crippen LogP contribution in [0.25, 0.3) is 11.5 Å². The van der Waals surface area contributed by atoms with Crippen LogP contribution < -0.4 is 4.90 Å². The van der Waals surface area contributed by atoms with Gasteiger partial charge in [0.2, 0.25) is 5.91 Å². The van der Waals surface area contributed by atoms with E-state index in [4.69, 9.17) is 9.97 Å². The molecule has 2 aliphatic heterocycles. The van der Waals surface area contributed by atoms with E-state index in [9.17, 15) is 4.79 Å². The van der Waals surface area contributed by atoms with Crippen LogP contribution >= 0.6 is 0 Å². The number of hydrogen-bond donors (Lipinski definition) is 0. The lowest BCUT2D eigenvalue weighted by atomic mass is 10.0. The molecule has 0 radical (unpaired) electrons. The van der Waals surface area contributed by atoms with Crippen LogP contribution in [0, 0.1) is 0 Å². The van der Waals surface area contributed by atoms with Crippen molar-refractivity contribution in [1.29, 1.82) is 0 Å². The van der Waals surface area contributed by atoms with Gasteiger partial charge in [0.25, 0.3) is 0 Å². The molecule has 0 atom stereocenters. The smallest absolute Gasteiger partial charge is 0.219 e. The van der Waals surface area contributed by atoms with Gasteiger partial charge in [0.1, 0.15) is 11.5 Å². The highest BCUT2D eigenvalue weighted by Gasteiger charge is 2.26. The molecule has 0 saturated heterocycles. The van der Waals surface area contributed by atoms with E-state index >= 15 is 0 Å². The van der Waals surface area contributed by atoms with Gasteiger partial charge in [0.05, 0.1) is 12.2 Å². The van der Waals surface area contributed by atoms with Gasteiger partial charge in [-0.05, 0) is 18.6 Å². The van der Waals surface area contributed by atoms with Crippen molar-refractivity contribution in [1.82, 2.24) is 19.9 Å². The first-order valence-corrected chi connectivity index (χ1v) is 8.19. The number of pyridine rings is 1. The van der Waals surface area contributed by atoms with Gasteiger partial charge in [-0.1, -0.05) is 18.2 Å². The van der Waals surface area contributed by atoms with Gasteiger partial charge >= 0.3 is 0 Å². The third-order valence-electron chi connectivity index (χ3n) is 4.50. The molecule has 1 amide bonds. The van der Waals surface area contributed by atoms with Gasteiger partial charge in [0, 0.05) is 38.3 Å². The Morgan fingerprint density at radius 2 is 2.00 bits per heavy atom. The summed E-state index contributed by atoms with van der Waals surface area (Å²) in [5, 5.41) is 0. The Balaban J connectivity index is 1.81. The van der Waals surface area contributed by atoms with E-state index in [0.717, 1.165) is 48.8 Å². The molecular formula is C18H19N5O. The van der Waals surface area contributed by atoms with Gasteiger partial charge in [-0.3, -0.25) is 9.78 Å². The number of amides is 1. The fraction of sp³-hybridized carbons (Fsp3) is 0.333. The molecule has 6 nitrogen and oxygen atoms in total. The number of hydrogen-bond acceptors (Lipinski definition) is 5. The second-order valence-corrected chi connectivity index (χ2v) is 6.08. The maximum Gasteiger partial charge on any atom is 0.219 e. The monoisotopic (exact) mass is 321 g/mol. The van der Waals surface area contributed by atoms with Crippen molar-refractivity contribution in [2.75, 3.05) is 24.5 Å². The molecule has 0 unspecified atom stereocenters. The maximum atomic E-state index is 11.8. The van der Waals surface area contributed by atoms with Crippen LogP contribution in [0.5, 0.6) is 0 Å². The fourth-order valence-corrected chi connectivity index (χ4v) is 3.20. The molecule has 122 valence electrons. The summed E-state index contributed by atoms with van der Waals surface area (Å²) in [6, 6.07) is 5.73. The number of carbonyl (C=O) groups excluding carboxylic acids is 1. The van der Waals surface area contributed by atoms with Gasteiger partial charge in [0.15, 0.2) is 5.82 Å². The minimum absolute atomic E-state index is 0.0861. The van der Waals surface area contributed by atoms with Crippen LogP contribution in [0.2, 0.25) is 0 Å². The largest absolute Gasteiger partial charge is 0.349 e. The molecule has 0 fully saturated rings. The summed E-state index contributed by atoms with van der Waals surface area (Å²) in [4.78, 5) is 29.8. The Labute approximate surface area is 140 Å². The van der Waals surface area contributed by atoms with Crippen molar-refractivity contribution in [3.63, 3.8) is 0 Å². The zero-order chi connectivity index (χ0) is 16.5. The van der Waals surface area contributed by atoms with E-state index < -0.39 is 0 Å². The first kappa shape index (κ1) is 14.8. The predicted molar refractivity (Wildman–Crippen MR) is 91.4 cm³/mol. The van der Waals surface area contributed by atoms with E-state index in [0.29, 0.717) is 12.4 Å². The Hall–Kier alpha value is -2.76. The molecule has 0 N–H and O–H groups in total. The number of anilines is 1. The Kier molecular flexibility index (Phi) is 3.72. The lowest BCUT2D eigenvalue weighted by Gasteiger charge is -2.30. The molecule has 4 rings (SSSR count). The topological polar surface area (TPSA) is 62.2 Å². The fourth-order valence-electron chi connectivity index (χ4n) is 3.20. The molecule has 2 aliphatic rings. The van der Waals surface area contributed by atoms with E-state index in [2.05, 4.69) is 22.0 Å². The van der Waals surface area contributed by atoms with Crippen LogP contribution in [-0.2, 0) is 17.8 Å². The highest BCUT2D eigenvalue weighted by molar-refractivity contribution is 5.74. The molecule has 0 aromatic carbocycles. The van der Waals surface area contributed by atoms with Crippen molar-refractivity contribution >= 4 is 11.7 Å². The average molecular weight is 321 g/mol. The zero-order valence-electron chi connectivity index (χ0n) is 13.6. The third-order valence-corrected chi connectivity index (χ3v) is 4.50. The standard InChI is InChI=1S/C18H19N5O/c1-13(24)23-11-7-14-16(12-23)20-17(15-6-2-3-8-19-15)21-18(14)22-9-4-5-10-22/h2-6,8H,7,9-12H2,1H3. The Morgan fingerprint density at radius 3 is 2.71 bits per heavy atom.